The highest BCUT2D eigenvalue weighted by Gasteiger charge is 2.24. The molecule has 8 nitrogen and oxygen atoms in total. The van der Waals surface area contributed by atoms with Crippen LogP contribution >= 0.6 is 11.8 Å². The lowest BCUT2D eigenvalue weighted by Crippen LogP contribution is -2.12. The molecule has 0 unspecified atom stereocenters. The number of thioether (sulfide) groups is 1. The summed E-state index contributed by atoms with van der Waals surface area (Å²) in [4.78, 5) is 14.8. The maximum Gasteiger partial charge on any atom is 0.313 e. The number of nitrogens with one attached hydrogen (secondary N) is 1. The molecule has 0 aliphatic rings. The standard InChI is InChI=1S/C12H14N4O4S/c1-7-10(19-2)8(15-12(21-4)14-6-13)5-9(16(17)18)11(7)20-3/h5H,1-4H3,(H,14,15). The largest absolute Gasteiger partial charge is 0.494 e. The number of hydrogen-bond donors (Lipinski definition) is 1. The van der Waals surface area contributed by atoms with E-state index >= 15 is 0 Å². The van der Waals surface area contributed by atoms with Crippen molar-refractivity contribution in [2.45, 2.75) is 6.92 Å². The molecular formula is C12H14N4O4S. The molecule has 0 saturated carbocycles. The Morgan fingerprint density at radius 1 is 1.48 bits per heavy atom. The lowest BCUT2D eigenvalue weighted by molar-refractivity contribution is -0.385. The molecule has 0 heterocycles. The Balaban J connectivity index is 3.58. The summed E-state index contributed by atoms with van der Waals surface area (Å²) >= 11 is 1.20. The Labute approximate surface area is 125 Å². The molecule has 0 fully saturated rings. The second-order valence-electron chi connectivity index (χ2n) is 3.72. The van der Waals surface area contributed by atoms with Gasteiger partial charge < -0.3 is 9.47 Å². The van der Waals surface area contributed by atoms with Crippen molar-refractivity contribution in [3.8, 4) is 17.7 Å². The second kappa shape index (κ2) is 7.35. The van der Waals surface area contributed by atoms with Crippen molar-refractivity contribution in [1.29, 1.82) is 5.26 Å². The molecule has 1 aromatic carbocycles. The maximum atomic E-state index is 11.1. The Hall–Kier alpha value is -2.47. The number of aliphatic imine (C=N–C) groups is 1. The number of nitro groups is 1. The van der Waals surface area contributed by atoms with Gasteiger partial charge in [0.2, 0.25) is 5.75 Å². The average Bonchev–Trinajstić information content (AvgIpc) is 2.46. The van der Waals surface area contributed by atoms with E-state index < -0.39 is 4.92 Å². The van der Waals surface area contributed by atoms with Gasteiger partial charge in [0, 0.05) is 11.6 Å². The highest BCUT2D eigenvalue weighted by molar-refractivity contribution is 8.13. The molecule has 0 spiro atoms. The fraction of sp³-hybridized carbons (Fsp3) is 0.333. The van der Waals surface area contributed by atoms with Gasteiger partial charge in [0.25, 0.3) is 0 Å². The van der Waals surface area contributed by atoms with Crippen LogP contribution in [0.3, 0.4) is 0 Å². The van der Waals surface area contributed by atoms with Crippen LogP contribution in [0.2, 0.25) is 0 Å². The van der Waals surface area contributed by atoms with E-state index in [9.17, 15) is 10.1 Å². The fourth-order valence-corrected chi connectivity index (χ4v) is 2.10. The van der Waals surface area contributed by atoms with Gasteiger partial charge >= 0.3 is 5.69 Å². The monoisotopic (exact) mass is 310 g/mol. The first-order valence-electron chi connectivity index (χ1n) is 5.67. The van der Waals surface area contributed by atoms with Gasteiger partial charge in [0.05, 0.1) is 19.1 Å². The van der Waals surface area contributed by atoms with Crippen molar-refractivity contribution in [2.24, 2.45) is 4.99 Å². The summed E-state index contributed by atoms with van der Waals surface area (Å²) in [5.41, 5.74) is 0.493. The van der Waals surface area contributed by atoms with Gasteiger partial charge in [0.1, 0.15) is 5.69 Å². The molecule has 0 aromatic heterocycles. The topological polar surface area (TPSA) is 110 Å². The van der Waals surface area contributed by atoms with E-state index in [1.54, 1.807) is 19.4 Å². The van der Waals surface area contributed by atoms with Crippen molar-refractivity contribution < 1.29 is 14.4 Å². The molecule has 0 aliphatic heterocycles. The zero-order chi connectivity index (χ0) is 16.0. The third kappa shape index (κ3) is 3.55. The van der Waals surface area contributed by atoms with E-state index in [-0.39, 0.29) is 17.1 Å². The van der Waals surface area contributed by atoms with Gasteiger partial charge in [-0.25, -0.2) is 4.99 Å². The van der Waals surface area contributed by atoms with E-state index in [4.69, 9.17) is 14.7 Å². The van der Waals surface area contributed by atoms with Gasteiger partial charge in [0.15, 0.2) is 17.1 Å². The lowest BCUT2D eigenvalue weighted by atomic mass is 10.1. The molecule has 0 bridgehead atoms. The summed E-state index contributed by atoms with van der Waals surface area (Å²) < 4.78 is 10.3. The van der Waals surface area contributed by atoms with E-state index in [1.807, 2.05) is 0 Å². The first-order chi connectivity index (χ1) is 9.99. The molecule has 9 heteroatoms. The molecule has 1 N–H and O–H groups in total. The molecule has 112 valence electrons. The summed E-state index contributed by atoms with van der Waals surface area (Å²) in [7, 11) is 2.78. The Bertz CT molecular complexity index is 625. The number of amidine groups is 1. The molecule has 0 aliphatic carbocycles. The summed E-state index contributed by atoms with van der Waals surface area (Å²) in [6, 6.07) is 1.25. The number of methoxy groups -OCH3 is 2. The number of rotatable bonds is 4. The van der Waals surface area contributed by atoms with Crippen molar-refractivity contribution in [3.05, 3.63) is 21.7 Å². The molecule has 0 atom stereocenters. The summed E-state index contributed by atoms with van der Waals surface area (Å²) in [6.45, 7) is 1.64. The van der Waals surface area contributed by atoms with E-state index in [0.29, 0.717) is 16.5 Å². The third-order valence-electron chi connectivity index (χ3n) is 2.60. The summed E-state index contributed by atoms with van der Waals surface area (Å²) in [5.74, 6) is 0.471. The van der Waals surface area contributed by atoms with E-state index in [0.717, 1.165) is 0 Å². The Morgan fingerprint density at radius 3 is 2.52 bits per heavy atom. The van der Waals surface area contributed by atoms with Crippen LogP contribution in [-0.4, -0.2) is 30.6 Å². The summed E-state index contributed by atoms with van der Waals surface area (Å²) in [6.07, 6.45) is 3.47. The zero-order valence-electron chi connectivity index (χ0n) is 12.0. The van der Waals surface area contributed by atoms with Crippen LogP contribution in [0.5, 0.6) is 11.5 Å². The molecule has 1 aromatic rings. The minimum atomic E-state index is -0.555. The van der Waals surface area contributed by atoms with Crippen molar-refractivity contribution in [1.82, 2.24) is 5.32 Å². The van der Waals surface area contributed by atoms with Gasteiger partial charge in [-0.3, -0.25) is 15.4 Å². The second-order valence-corrected chi connectivity index (χ2v) is 4.52. The highest BCUT2D eigenvalue weighted by Crippen LogP contribution is 2.43. The number of benzene rings is 1. The van der Waals surface area contributed by atoms with Crippen LogP contribution in [0.25, 0.3) is 0 Å². The van der Waals surface area contributed by atoms with Crippen LogP contribution in [0.15, 0.2) is 11.1 Å². The first kappa shape index (κ1) is 16.6. The first-order valence-corrected chi connectivity index (χ1v) is 6.90. The zero-order valence-corrected chi connectivity index (χ0v) is 12.8. The molecular weight excluding hydrogens is 296 g/mol. The number of nitro benzene ring substituents is 1. The predicted octanol–water partition coefficient (Wildman–Crippen LogP) is 2.34. The van der Waals surface area contributed by atoms with Gasteiger partial charge in [-0.15, -0.1) is 0 Å². The van der Waals surface area contributed by atoms with Crippen LogP contribution in [-0.2, 0) is 0 Å². The van der Waals surface area contributed by atoms with Gasteiger partial charge in [-0.05, 0) is 13.2 Å². The SMILES string of the molecule is COc1c(N=C(NC#N)SC)cc([N+](=O)[O-])c(OC)c1C. The smallest absolute Gasteiger partial charge is 0.313 e. The lowest BCUT2D eigenvalue weighted by Gasteiger charge is -2.13. The van der Waals surface area contributed by atoms with Crippen molar-refractivity contribution in [3.63, 3.8) is 0 Å². The predicted molar refractivity (Wildman–Crippen MR) is 80.3 cm³/mol. The van der Waals surface area contributed by atoms with Crippen molar-refractivity contribution >= 4 is 28.3 Å². The molecule has 21 heavy (non-hydrogen) atoms. The van der Waals surface area contributed by atoms with Crippen molar-refractivity contribution in [2.75, 3.05) is 20.5 Å². The summed E-state index contributed by atoms with van der Waals surface area (Å²) in [5, 5.41) is 22.5. The molecule has 0 saturated heterocycles. The number of nitrogens with zero attached hydrogens (tertiary/aromatic N) is 3. The third-order valence-corrected chi connectivity index (χ3v) is 3.18. The average molecular weight is 310 g/mol. The van der Waals surface area contributed by atoms with Crippen LogP contribution in [0.4, 0.5) is 11.4 Å². The van der Waals surface area contributed by atoms with Gasteiger partial charge in [-0.2, -0.15) is 5.26 Å². The van der Waals surface area contributed by atoms with Crippen LogP contribution < -0.4 is 14.8 Å². The fourth-order valence-electron chi connectivity index (χ4n) is 1.76. The number of hydrogen-bond acceptors (Lipinski definition) is 7. The minimum Gasteiger partial charge on any atom is -0.494 e. The normalized spacial score (nSPS) is 10.7. The van der Waals surface area contributed by atoms with E-state index in [2.05, 4.69) is 10.3 Å². The number of nitriles is 1. The van der Waals surface area contributed by atoms with Crippen LogP contribution in [0, 0.1) is 28.5 Å². The minimum absolute atomic E-state index is 0.120. The molecule has 1 rings (SSSR count). The number of ether oxygens (including phenoxy) is 2. The highest BCUT2D eigenvalue weighted by atomic mass is 32.2. The van der Waals surface area contributed by atoms with Crippen LogP contribution in [0.1, 0.15) is 5.56 Å². The van der Waals surface area contributed by atoms with Gasteiger partial charge in [-0.1, -0.05) is 11.8 Å². The Morgan fingerprint density at radius 2 is 2.10 bits per heavy atom. The molecule has 0 amide bonds. The Kier molecular flexibility index (Phi) is 5.80. The van der Waals surface area contributed by atoms with E-state index in [1.165, 1.54) is 32.0 Å². The quantitative estimate of drug-likeness (QED) is 0.227. The maximum absolute atomic E-state index is 11.1. The molecule has 0 radical (unpaired) electrons.